The van der Waals surface area contributed by atoms with Crippen molar-refractivity contribution in [1.82, 2.24) is 4.90 Å². The summed E-state index contributed by atoms with van der Waals surface area (Å²) in [5.41, 5.74) is 1.31. The van der Waals surface area contributed by atoms with Crippen LogP contribution in [0.3, 0.4) is 0 Å². The zero-order valence-electron chi connectivity index (χ0n) is 18.0. The summed E-state index contributed by atoms with van der Waals surface area (Å²) in [6.45, 7) is 16.7. The van der Waals surface area contributed by atoms with Crippen LogP contribution in [0.2, 0.25) is 13.1 Å². The Morgan fingerprint density at radius 2 is 1.78 bits per heavy atom. The van der Waals surface area contributed by atoms with Crippen molar-refractivity contribution < 1.29 is 14.3 Å². The van der Waals surface area contributed by atoms with E-state index < -0.39 is 21.1 Å². The first-order valence-electron chi connectivity index (χ1n) is 10.2. The Labute approximate surface area is 166 Å². The minimum Gasteiger partial charge on any atom is -0.480 e. The highest BCUT2D eigenvalue weighted by Gasteiger charge is 2.46. The molecular formula is C22H37NO3Si. The lowest BCUT2D eigenvalue weighted by Gasteiger charge is -2.39. The second-order valence-corrected chi connectivity index (χ2v) is 12.0. The normalized spacial score (nSPS) is 23.7. The molecule has 1 heterocycles. The molecule has 3 unspecified atom stereocenters. The number of likely N-dealkylation sites (tertiary alicyclic amines) is 1. The van der Waals surface area contributed by atoms with Crippen LogP contribution in [0.5, 0.6) is 0 Å². The quantitative estimate of drug-likeness (QED) is 0.707. The lowest BCUT2D eigenvalue weighted by Crippen LogP contribution is -2.45. The first-order chi connectivity index (χ1) is 12.5. The summed E-state index contributed by atoms with van der Waals surface area (Å²) in [7, 11) is -1.22. The molecule has 152 valence electrons. The second kappa shape index (κ2) is 8.89. The average Bonchev–Trinajstić information content (AvgIpc) is 2.95. The van der Waals surface area contributed by atoms with Gasteiger partial charge in [-0.05, 0) is 30.0 Å². The molecule has 4 nitrogen and oxygen atoms in total. The van der Waals surface area contributed by atoms with E-state index in [1.54, 1.807) is 0 Å². The van der Waals surface area contributed by atoms with Crippen LogP contribution < -0.4 is 0 Å². The van der Waals surface area contributed by atoms with Gasteiger partial charge in [0.2, 0.25) is 0 Å². The van der Waals surface area contributed by atoms with Gasteiger partial charge in [0.05, 0.1) is 6.10 Å². The van der Waals surface area contributed by atoms with Gasteiger partial charge in [-0.3, -0.25) is 9.69 Å². The van der Waals surface area contributed by atoms with Crippen LogP contribution in [0.1, 0.15) is 46.1 Å². The molecule has 1 aromatic rings. The van der Waals surface area contributed by atoms with Crippen LogP contribution in [0, 0.1) is 17.3 Å². The molecule has 1 aromatic carbocycles. The van der Waals surface area contributed by atoms with Crippen molar-refractivity contribution in [2.45, 2.75) is 65.8 Å². The molecule has 2 rings (SSSR count). The third-order valence-electron chi connectivity index (χ3n) is 5.56. The van der Waals surface area contributed by atoms with E-state index in [4.69, 9.17) is 4.43 Å². The van der Waals surface area contributed by atoms with Crippen LogP contribution in [-0.2, 0) is 9.22 Å². The Balaban J connectivity index is 2.42. The van der Waals surface area contributed by atoms with Crippen LogP contribution in [0.25, 0.3) is 0 Å². The molecule has 0 amide bonds. The van der Waals surface area contributed by atoms with E-state index >= 15 is 0 Å². The number of aliphatic carboxylic acids is 1. The fourth-order valence-electron chi connectivity index (χ4n) is 4.55. The number of carboxylic acid groups (broad SMARTS) is 1. The molecule has 1 aliphatic rings. The van der Waals surface area contributed by atoms with Crippen molar-refractivity contribution in [1.29, 1.82) is 0 Å². The highest BCUT2D eigenvalue weighted by molar-refractivity contribution is 6.48. The van der Waals surface area contributed by atoms with E-state index in [0.717, 1.165) is 13.1 Å². The SMILES string of the molecule is CC(C)C(C(=O)O)N1CC(c2ccccc2)C([C@@H](O[SiH](C)C)C(C)(C)C)C1. The van der Waals surface area contributed by atoms with Gasteiger partial charge in [0.25, 0.3) is 0 Å². The predicted molar refractivity (Wildman–Crippen MR) is 114 cm³/mol. The number of benzene rings is 1. The average molecular weight is 392 g/mol. The van der Waals surface area contributed by atoms with Gasteiger partial charge in [-0.25, -0.2) is 0 Å². The largest absolute Gasteiger partial charge is 0.480 e. The summed E-state index contributed by atoms with van der Waals surface area (Å²) < 4.78 is 6.56. The number of carboxylic acids is 1. The minimum atomic E-state index is -1.22. The van der Waals surface area contributed by atoms with Crippen molar-refractivity contribution in [3.63, 3.8) is 0 Å². The molecule has 0 saturated carbocycles. The predicted octanol–water partition coefficient (Wildman–Crippen LogP) is 4.23. The maximum absolute atomic E-state index is 12.0. The lowest BCUT2D eigenvalue weighted by molar-refractivity contribution is -0.144. The molecule has 0 aromatic heterocycles. The number of hydrogen-bond acceptors (Lipinski definition) is 3. The van der Waals surface area contributed by atoms with Gasteiger partial charge in [0, 0.05) is 24.9 Å². The van der Waals surface area contributed by atoms with E-state index in [2.05, 4.69) is 63.0 Å². The van der Waals surface area contributed by atoms with Crippen molar-refractivity contribution in [2.24, 2.45) is 17.3 Å². The molecule has 0 radical (unpaired) electrons. The molecule has 27 heavy (non-hydrogen) atoms. The molecule has 0 bridgehead atoms. The Morgan fingerprint density at radius 3 is 2.22 bits per heavy atom. The molecular weight excluding hydrogens is 354 g/mol. The smallest absolute Gasteiger partial charge is 0.321 e. The molecule has 1 aliphatic heterocycles. The number of hydrogen-bond donors (Lipinski definition) is 1. The van der Waals surface area contributed by atoms with Gasteiger partial charge < -0.3 is 9.53 Å². The summed E-state index contributed by atoms with van der Waals surface area (Å²) in [6.07, 6.45) is 0.126. The third-order valence-corrected chi connectivity index (χ3v) is 6.40. The first-order valence-corrected chi connectivity index (χ1v) is 13.0. The summed E-state index contributed by atoms with van der Waals surface area (Å²) in [4.78, 5) is 14.1. The van der Waals surface area contributed by atoms with Gasteiger partial charge in [-0.2, -0.15) is 0 Å². The highest BCUT2D eigenvalue weighted by atomic mass is 28.3. The second-order valence-electron chi connectivity index (χ2n) is 9.63. The number of rotatable bonds is 7. The van der Waals surface area contributed by atoms with E-state index in [0.29, 0.717) is 11.8 Å². The Hall–Kier alpha value is -1.17. The minimum absolute atomic E-state index is 0.0154. The number of nitrogens with zero attached hydrogens (tertiary/aromatic N) is 1. The van der Waals surface area contributed by atoms with Crippen molar-refractivity contribution in [2.75, 3.05) is 13.1 Å². The van der Waals surface area contributed by atoms with E-state index in [-0.39, 0.29) is 17.4 Å². The van der Waals surface area contributed by atoms with Gasteiger partial charge in [0.1, 0.15) is 6.04 Å². The fraction of sp³-hybridized carbons (Fsp3) is 0.682. The zero-order chi connectivity index (χ0) is 20.4. The van der Waals surface area contributed by atoms with Gasteiger partial charge in [-0.15, -0.1) is 0 Å². The molecule has 5 heteroatoms. The molecule has 1 fully saturated rings. The summed E-state index contributed by atoms with van der Waals surface area (Å²) >= 11 is 0. The third kappa shape index (κ3) is 5.43. The van der Waals surface area contributed by atoms with Crippen molar-refractivity contribution >= 4 is 15.0 Å². The van der Waals surface area contributed by atoms with Crippen molar-refractivity contribution in [3.8, 4) is 0 Å². The monoisotopic (exact) mass is 391 g/mol. The van der Waals surface area contributed by atoms with Crippen LogP contribution in [-0.4, -0.2) is 50.3 Å². The van der Waals surface area contributed by atoms with Gasteiger partial charge in [-0.1, -0.05) is 65.0 Å². The van der Waals surface area contributed by atoms with Gasteiger partial charge in [0.15, 0.2) is 9.04 Å². The van der Waals surface area contributed by atoms with Crippen LogP contribution in [0.4, 0.5) is 0 Å². The van der Waals surface area contributed by atoms with E-state index in [9.17, 15) is 9.90 Å². The number of carbonyl (C=O) groups is 1. The van der Waals surface area contributed by atoms with Crippen LogP contribution in [0.15, 0.2) is 30.3 Å². The Bertz CT molecular complexity index is 612. The molecule has 0 spiro atoms. The van der Waals surface area contributed by atoms with Gasteiger partial charge >= 0.3 is 5.97 Å². The fourth-order valence-corrected chi connectivity index (χ4v) is 5.75. The summed E-state index contributed by atoms with van der Waals surface area (Å²) in [5, 5.41) is 9.83. The first kappa shape index (κ1) is 22.1. The molecule has 4 atom stereocenters. The van der Waals surface area contributed by atoms with E-state index in [1.165, 1.54) is 5.56 Å². The highest BCUT2D eigenvalue weighted by Crippen LogP contribution is 2.43. The molecule has 1 N–H and O–H groups in total. The molecule has 0 aliphatic carbocycles. The summed E-state index contributed by atoms with van der Waals surface area (Å²) in [5.74, 6) is -0.0539. The van der Waals surface area contributed by atoms with Crippen LogP contribution >= 0.6 is 0 Å². The van der Waals surface area contributed by atoms with E-state index in [1.807, 2.05) is 19.9 Å². The summed E-state index contributed by atoms with van der Waals surface area (Å²) in [6, 6.07) is 10.1. The lowest BCUT2D eigenvalue weighted by atomic mass is 9.75. The Kier molecular flexibility index (Phi) is 7.28. The maximum atomic E-state index is 12.0. The maximum Gasteiger partial charge on any atom is 0.321 e. The van der Waals surface area contributed by atoms with Crippen molar-refractivity contribution in [3.05, 3.63) is 35.9 Å². The molecule has 1 saturated heterocycles. The standard InChI is InChI=1S/C22H37NO3Si/c1-15(2)19(21(24)25)23-13-17(16-11-9-8-10-12-16)18(14-23)20(22(3,4)5)26-27(6)7/h8-12,15,17-20,27H,13-14H2,1-7H3,(H,24,25)/t17?,18?,19?,20-/m1/s1. The topological polar surface area (TPSA) is 49.8 Å². The Morgan fingerprint density at radius 1 is 1.19 bits per heavy atom. The zero-order valence-corrected chi connectivity index (χ0v) is 19.1.